The maximum absolute atomic E-state index is 12.3. The molecule has 102 valence electrons. The van der Waals surface area contributed by atoms with Crippen molar-refractivity contribution in [2.45, 2.75) is 18.8 Å². The molecule has 1 aliphatic heterocycles. The highest BCUT2D eigenvalue weighted by Gasteiger charge is 2.44. The number of nitrogens with zero attached hydrogens (tertiary/aromatic N) is 1. The smallest absolute Gasteiger partial charge is 0.366 e. The Morgan fingerprint density at radius 1 is 1.37 bits per heavy atom. The minimum absolute atomic E-state index is 0.0779. The Morgan fingerprint density at radius 3 is 2.47 bits per heavy atom. The maximum Gasteiger partial charge on any atom is 0.437 e. The van der Waals surface area contributed by atoms with Crippen LogP contribution in [0, 0.1) is 0 Å². The number of hydroxylamine groups is 1. The molecule has 2 rings (SSSR count). The van der Waals surface area contributed by atoms with Gasteiger partial charge in [0.05, 0.1) is 0 Å². The summed E-state index contributed by atoms with van der Waals surface area (Å²) >= 11 is 0. The van der Waals surface area contributed by atoms with Crippen LogP contribution in [0.15, 0.2) is 29.3 Å². The highest BCUT2D eigenvalue weighted by atomic mass is 19.4. The number of nitrogens with one attached hydrogen (secondary N) is 1. The lowest BCUT2D eigenvalue weighted by molar-refractivity contribution is -0.220. The number of nitrogens with two attached hydrogens (primary N) is 1. The van der Waals surface area contributed by atoms with Gasteiger partial charge in [0.15, 0.2) is 0 Å². The fraction of sp³-hybridized carbons (Fsp3) is 0.273. The molecular weight excluding hydrogens is 263 g/mol. The number of hydrogen-bond donors (Lipinski definition) is 2. The second-order valence-corrected chi connectivity index (χ2v) is 3.93. The predicted molar refractivity (Wildman–Crippen MR) is 60.2 cm³/mol. The average molecular weight is 273 g/mol. The van der Waals surface area contributed by atoms with Gasteiger partial charge in [0.1, 0.15) is 5.84 Å². The van der Waals surface area contributed by atoms with Crippen molar-refractivity contribution in [2.75, 3.05) is 0 Å². The number of amides is 1. The molecule has 1 heterocycles. The third-order valence-electron chi connectivity index (χ3n) is 2.45. The van der Waals surface area contributed by atoms with Crippen LogP contribution in [0.2, 0.25) is 0 Å². The molecule has 0 fully saturated rings. The summed E-state index contributed by atoms with van der Waals surface area (Å²) in [5, 5.41) is 0. The molecule has 0 radical (unpaired) electrons. The van der Waals surface area contributed by atoms with Gasteiger partial charge in [-0.3, -0.25) is 10.3 Å². The van der Waals surface area contributed by atoms with Gasteiger partial charge in [0, 0.05) is 12.0 Å². The van der Waals surface area contributed by atoms with E-state index in [-0.39, 0.29) is 12.3 Å². The van der Waals surface area contributed by atoms with Crippen molar-refractivity contribution < 1.29 is 22.8 Å². The summed E-state index contributed by atoms with van der Waals surface area (Å²) in [6, 6.07) is 6.17. The Hall–Kier alpha value is -2.09. The number of hydrogen-bond acceptors (Lipinski definition) is 4. The van der Waals surface area contributed by atoms with Gasteiger partial charge in [0.2, 0.25) is 5.91 Å². The highest BCUT2D eigenvalue weighted by Crippen LogP contribution is 2.25. The minimum atomic E-state index is -4.54. The Balaban J connectivity index is 2.04. The number of carbonyl (C=O) groups is 1. The zero-order chi connectivity index (χ0) is 14.0. The standard InChI is InChI=1S/C11H10F3N3O2/c12-11(13,14)10-16-8(17-19-10)5-6-1-3-7(4-2-6)9(15)18/h1-4,10H,5H2,(H2,15,18)(H,16,17). The van der Waals surface area contributed by atoms with Gasteiger partial charge >= 0.3 is 6.18 Å². The number of primary amides is 1. The van der Waals surface area contributed by atoms with E-state index in [0.29, 0.717) is 11.1 Å². The van der Waals surface area contributed by atoms with E-state index >= 15 is 0 Å². The summed E-state index contributed by atoms with van der Waals surface area (Å²) in [5.74, 6) is -0.488. The molecule has 1 unspecified atom stereocenters. The molecule has 1 aromatic rings. The van der Waals surface area contributed by atoms with Crippen LogP contribution < -0.4 is 11.2 Å². The fourth-order valence-electron chi connectivity index (χ4n) is 1.52. The van der Waals surface area contributed by atoms with Crippen molar-refractivity contribution in [3.63, 3.8) is 0 Å². The van der Waals surface area contributed by atoms with Gasteiger partial charge in [-0.2, -0.15) is 13.2 Å². The van der Waals surface area contributed by atoms with E-state index in [2.05, 4.69) is 15.3 Å². The maximum atomic E-state index is 12.3. The van der Waals surface area contributed by atoms with Gasteiger partial charge in [-0.05, 0) is 17.7 Å². The second kappa shape index (κ2) is 4.88. The number of carbonyl (C=O) groups excluding carboxylic acids is 1. The Bertz CT molecular complexity index is 511. The minimum Gasteiger partial charge on any atom is -0.366 e. The first-order chi connectivity index (χ1) is 8.86. The normalized spacial score (nSPS) is 18.9. The zero-order valence-corrected chi connectivity index (χ0v) is 9.57. The molecule has 0 aromatic heterocycles. The summed E-state index contributed by atoms with van der Waals surface area (Å²) in [7, 11) is 0. The van der Waals surface area contributed by atoms with E-state index in [1.54, 1.807) is 12.1 Å². The summed E-state index contributed by atoms with van der Waals surface area (Å²) in [6.07, 6.45) is -6.57. The van der Waals surface area contributed by atoms with Crippen LogP contribution in [0.5, 0.6) is 0 Å². The second-order valence-electron chi connectivity index (χ2n) is 3.93. The van der Waals surface area contributed by atoms with Gasteiger partial charge < -0.3 is 5.73 Å². The summed E-state index contributed by atoms with van der Waals surface area (Å²) < 4.78 is 36.9. The highest BCUT2D eigenvalue weighted by molar-refractivity contribution is 5.93. The molecule has 0 bridgehead atoms. The number of rotatable bonds is 3. The molecule has 19 heavy (non-hydrogen) atoms. The lowest BCUT2D eigenvalue weighted by Crippen LogP contribution is -2.29. The first-order valence-electron chi connectivity index (χ1n) is 5.30. The number of alkyl halides is 3. The van der Waals surface area contributed by atoms with Crippen LogP contribution in [0.3, 0.4) is 0 Å². The summed E-state index contributed by atoms with van der Waals surface area (Å²) in [4.78, 5) is 18.5. The van der Waals surface area contributed by atoms with Crippen molar-refractivity contribution in [3.8, 4) is 0 Å². The third-order valence-corrected chi connectivity index (χ3v) is 2.45. The number of halogens is 3. The monoisotopic (exact) mass is 273 g/mol. The van der Waals surface area contributed by atoms with Crippen LogP contribution in [-0.4, -0.2) is 24.1 Å². The Morgan fingerprint density at radius 2 is 2.00 bits per heavy atom. The molecular formula is C11H10F3N3O2. The number of amidine groups is 1. The largest absolute Gasteiger partial charge is 0.437 e. The van der Waals surface area contributed by atoms with Crippen LogP contribution in [-0.2, 0) is 11.3 Å². The van der Waals surface area contributed by atoms with Gasteiger partial charge in [-0.1, -0.05) is 12.1 Å². The van der Waals surface area contributed by atoms with Crippen LogP contribution in [0.4, 0.5) is 13.2 Å². The van der Waals surface area contributed by atoms with E-state index in [0.717, 1.165) is 0 Å². The summed E-state index contributed by atoms with van der Waals surface area (Å²) in [6.45, 7) is 0. The van der Waals surface area contributed by atoms with E-state index < -0.39 is 18.3 Å². The van der Waals surface area contributed by atoms with Gasteiger partial charge in [0.25, 0.3) is 6.23 Å². The quantitative estimate of drug-likeness (QED) is 0.867. The van der Waals surface area contributed by atoms with Crippen LogP contribution >= 0.6 is 0 Å². The lowest BCUT2D eigenvalue weighted by Gasteiger charge is -2.08. The van der Waals surface area contributed by atoms with Gasteiger partial charge in [-0.15, -0.1) is 0 Å². The van der Waals surface area contributed by atoms with Crippen LogP contribution in [0.1, 0.15) is 15.9 Å². The van der Waals surface area contributed by atoms with E-state index in [4.69, 9.17) is 5.73 Å². The molecule has 5 nitrogen and oxygen atoms in total. The molecule has 3 N–H and O–H groups in total. The molecule has 1 amide bonds. The molecule has 8 heteroatoms. The fourth-order valence-corrected chi connectivity index (χ4v) is 1.52. The first kappa shape index (κ1) is 13.3. The van der Waals surface area contributed by atoms with E-state index in [1.807, 2.05) is 0 Å². The zero-order valence-electron chi connectivity index (χ0n) is 9.57. The predicted octanol–water partition coefficient (Wildman–Crippen LogP) is 1.15. The van der Waals surface area contributed by atoms with Crippen molar-refractivity contribution in [3.05, 3.63) is 35.4 Å². The van der Waals surface area contributed by atoms with Gasteiger partial charge in [-0.25, -0.2) is 9.83 Å². The molecule has 0 saturated carbocycles. The molecule has 0 aliphatic carbocycles. The Labute approximate surface area is 106 Å². The molecule has 1 aromatic carbocycles. The molecule has 0 spiro atoms. The van der Waals surface area contributed by atoms with E-state index in [1.165, 1.54) is 12.1 Å². The molecule has 1 aliphatic rings. The molecule has 0 saturated heterocycles. The van der Waals surface area contributed by atoms with Crippen molar-refractivity contribution >= 4 is 11.7 Å². The topological polar surface area (TPSA) is 76.7 Å². The lowest BCUT2D eigenvalue weighted by atomic mass is 10.1. The van der Waals surface area contributed by atoms with Crippen molar-refractivity contribution in [2.24, 2.45) is 10.7 Å². The average Bonchev–Trinajstić information content (AvgIpc) is 2.78. The third kappa shape index (κ3) is 3.22. The van der Waals surface area contributed by atoms with E-state index in [9.17, 15) is 18.0 Å². The first-order valence-corrected chi connectivity index (χ1v) is 5.30. The SMILES string of the molecule is NC(=O)c1ccc(CC2=NC(C(F)(F)F)ON2)cc1. The van der Waals surface area contributed by atoms with Crippen molar-refractivity contribution in [1.29, 1.82) is 0 Å². The van der Waals surface area contributed by atoms with Crippen LogP contribution in [0.25, 0.3) is 0 Å². The molecule has 1 atom stereocenters. The Kier molecular flexibility index (Phi) is 3.43. The number of aliphatic imine (C=N–C) groups is 1. The number of benzene rings is 1. The summed E-state index contributed by atoms with van der Waals surface area (Å²) in [5.41, 5.74) is 8.22. The van der Waals surface area contributed by atoms with Crippen molar-refractivity contribution in [1.82, 2.24) is 5.48 Å².